The molecular formula is C13H19NOSi. The van der Waals surface area contributed by atoms with Gasteiger partial charge in [0.05, 0.1) is 5.56 Å². The largest absolute Gasteiger partial charge is 0.352 e. The SMILES string of the molecule is [C-]#[N+]C(C)(O[Si](C)(C)C)c1ccccc1C. The lowest BCUT2D eigenvalue weighted by Gasteiger charge is -2.27. The molecule has 0 aliphatic carbocycles. The van der Waals surface area contributed by atoms with Gasteiger partial charge in [-0.1, -0.05) is 18.2 Å². The summed E-state index contributed by atoms with van der Waals surface area (Å²) in [4.78, 5) is 3.70. The van der Waals surface area contributed by atoms with Crippen molar-refractivity contribution in [1.82, 2.24) is 0 Å². The third-order valence-corrected chi connectivity index (χ3v) is 3.37. The maximum Gasteiger partial charge on any atom is 0.352 e. The number of aryl methyl sites for hydroxylation is 1. The minimum absolute atomic E-state index is 0.837. The fraction of sp³-hybridized carbons (Fsp3) is 0.462. The highest BCUT2D eigenvalue weighted by molar-refractivity contribution is 6.69. The Labute approximate surface area is 99.2 Å². The van der Waals surface area contributed by atoms with Gasteiger partial charge < -0.3 is 4.43 Å². The predicted octanol–water partition coefficient (Wildman–Crippen LogP) is 3.94. The van der Waals surface area contributed by atoms with Crippen molar-refractivity contribution in [3.05, 3.63) is 46.8 Å². The molecule has 86 valence electrons. The van der Waals surface area contributed by atoms with Gasteiger partial charge in [0.15, 0.2) is 8.32 Å². The summed E-state index contributed by atoms with van der Waals surface area (Å²) in [6.07, 6.45) is 0. The van der Waals surface area contributed by atoms with Crippen LogP contribution in [0.5, 0.6) is 0 Å². The van der Waals surface area contributed by atoms with Gasteiger partial charge in [0.25, 0.3) is 0 Å². The van der Waals surface area contributed by atoms with E-state index in [-0.39, 0.29) is 0 Å². The summed E-state index contributed by atoms with van der Waals surface area (Å²) in [6.45, 7) is 17.6. The first-order valence-electron chi connectivity index (χ1n) is 5.43. The van der Waals surface area contributed by atoms with Crippen molar-refractivity contribution < 1.29 is 4.43 Å². The Hall–Kier alpha value is -1.11. The van der Waals surface area contributed by atoms with Crippen molar-refractivity contribution in [2.45, 2.75) is 39.2 Å². The monoisotopic (exact) mass is 233 g/mol. The maximum atomic E-state index is 7.39. The molecule has 1 atom stereocenters. The van der Waals surface area contributed by atoms with Crippen LogP contribution < -0.4 is 0 Å². The molecule has 1 rings (SSSR count). The fourth-order valence-electron chi connectivity index (χ4n) is 1.83. The molecule has 1 aromatic rings. The van der Waals surface area contributed by atoms with E-state index in [0.717, 1.165) is 11.1 Å². The molecule has 1 aromatic carbocycles. The van der Waals surface area contributed by atoms with Crippen molar-refractivity contribution in [2.75, 3.05) is 0 Å². The molecule has 0 aromatic heterocycles. The first-order chi connectivity index (χ1) is 7.28. The second-order valence-corrected chi connectivity index (χ2v) is 9.55. The third kappa shape index (κ3) is 2.94. The zero-order valence-corrected chi connectivity index (χ0v) is 11.7. The molecule has 0 radical (unpaired) electrons. The van der Waals surface area contributed by atoms with Crippen molar-refractivity contribution in [3.63, 3.8) is 0 Å². The lowest BCUT2D eigenvalue weighted by atomic mass is 10.0. The second-order valence-electron chi connectivity index (χ2n) is 5.12. The van der Waals surface area contributed by atoms with Gasteiger partial charge in [-0.3, -0.25) is 4.85 Å². The van der Waals surface area contributed by atoms with Crippen LogP contribution in [-0.2, 0) is 10.2 Å². The highest BCUT2D eigenvalue weighted by Crippen LogP contribution is 2.32. The maximum absolute atomic E-state index is 7.39. The van der Waals surface area contributed by atoms with E-state index in [1.807, 2.05) is 38.1 Å². The molecule has 3 heteroatoms. The minimum atomic E-state index is -1.73. The topological polar surface area (TPSA) is 13.6 Å². The van der Waals surface area contributed by atoms with Gasteiger partial charge in [-0.2, -0.15) is 0 Å². The van der Waals surface area contributed by atoms with Gasteiger partial charge in [-0.15, -0.1) is 0 Å². The average Bonchev–Trinajstić information content (AvgIpc) is 2.15. The number of nitrogens with zero attached hydrogens (tertiary/aromatic N) is 1. The number of hydrogen-bond acceptors (Lipinski definition) is 1. The van der Waals surface area contributed by atoms with E-state index >= 15 is 0 Å². The molecule has 16 heavy (non-hydrogen) atoms. The molecule has 0 aliphatic rings. The van der Waals surface area contributed by atoms with Crippen LogP contribution in [-0.4, -0.2) is 8.32 Å². The van der Waals surface area contributed by atoms with Crippen molar-refractivity contribution in [2.24, 2.45) is 0 Å². The predicted molar refractivity (Wildman–Crippen MR) is 69.6 cm³/mol. The van der Waals surface area contributed by atoms with Gasteiger partial charge in [0.2, 0.25) is 0 Å². The Morgan fingerprint density at radius 2 is 1.81 bits per heavy atom. The van der Waals surface area contributed by atoms with E-state index in [2.05, 4.69) is 24.5 Å². The van der Waals surface area contributed by atoms with Gasteiger partial charge >= 0.3 is 5.72 Å². The van der Waals surface area contributed by atoms with E-state index in [4.69, 9.17) is 11.0 Å². The molecule has 0 amide bonds. The standard InChI is InChI=1S/C13H19NOSi/c1-11-9-7-8-10-12(11)13(2,14-3)15-16(4,5)6/h7-10H,1-2,4-6H3. The highest BCUT2D eigenvalue weighted by Gasteiger charge is 2.40. The molecule has 0 saturated carbocycles. The zero-order chi connectivity index (χ0) is 12.4. The van der Waals surface area contributed by atoms with Crippen LogP contribution in [0.4, 0.5) is 0 Å². The quantitative estimate of drug-likeness (QED) is 0.569. The summed E-state index contributed by atoms with van der Waals surface area (Å²) in [5.41, 5.74) is 1.25. The molecule has 0 N–H and O–H groups in total. The zero-order valence-electron chi connectivity index (χ0n) is 10.7. The summed E-state index contributed by atoms with van der Waals surface area (Å²) < 4.78 is 6.03. The number of benzene rings is 1. The Kier molecular flexibility index (Phi) is 3.56. The van der Waals surface area contributed by atoms with Crippen molar-refractivity contribution in [3.8, 4) is 0 Å². The van der Waals surface area contributed by atoms with Crippen molar-refractivity contribution in [1.29, 1.82) is 0 Å². The molecule has 1 unspecified atom stereocenters. The van der Waals surface area contributed by atoms with Crippen LogP contribution in [0, 0.1) is 13.5 Å². The van der Waals surface area contributed by atoms with E-state index in [0.29, 0.717) is 0 Å². The van der Waals surface area contributed by atoms with Crippen molar-refractivity contribution >= 4 is 8.32 Å². The molecule has 0 heterocycles. The molecule has 0 spiro atoms. The lowest BCUT2D eigenvalue weighted by Crippen LogP contribution is -2.36. The highest BCUT2D eigenvalue weighted by atomic mass is 28.4. The number of hydrogen-bond donors (Lipinski definition) is 0. The van der Waals surface area contributed by atoms with E-state index < -0.39 is 14.0 Å². The molecule has 2 nitrogen and oxygen atoms in total. The summed E-state index contributed by atoms with van der Waals surface area (Å²) >= 11 is 0. The summed E-state index contributed by atoms with van der Waals surface area (Å²) in [5.74, 6) is 0. The van der Waals surface area contributed by atoms with Crippen LogP contribution in [0.3, 0.4) is 0 Å². The molecule has 0 bridgehead atoms. The molecule has 0 fully saturated rings. The fourth-order valence-corrected chi connectivity index (χ4v) is 3.18. The van der Waals surface area contributed by atoms with Crippen LogP contribution in [0.15, 0.2) is 24.3 Å². The third-order valence-electron chi connectivity index (χ3n) is 2.36. The summed E-state index contributed by atoms with van der Waals surface area (Å²) in [6, 6.07) is 7.94. The minimum Gasteiger partial charge on any atom is -0.347 e. The average molecular weight is 233 g/mol. The Morgan fingerprint density at radius 3 is 2.25 bits per heavy atom. The van der Waals surface area contributed by atoms with Gasteiger partial charge in [-0.25, -0.2) is 6.57 Å². The van der Waals surface area contributed by atoms with Crippen LogP contribution >= 0.6 is 0 Å². The Balaban J connectivity index is 3.17. The number of rotatable bonds is 3. The van der Waals surface area contributed by atoms with E-state index in [1.54, 1.807) is 0 Å². The van der Waals surface area contributed by atoms with E-state index in [9.17, 15) is 0 Å². The summed E-state index contributed by atoms with van der Waals surface area (Å²) in [7, 11) is -1.73. The Bertz CT molecular complexity index is 417. The van der Waals surface area contributed by atoms with Crippen LogP contribution in [0.2, 0.25) is 19.6 Å². The van der Waals surface area contributed by atoms with Crippen LogP contribution in [0.25, 0.3) is 4.85 Å². The lowest BCUT2D eigenvalue weighted by molar-refractivity contribution is 0.129. The molecule has 0 saturated heterocycles. The van der Waals surface area contributed by atoms with Gasteiger partial charge in [-0.05, 0) is 38.2 Å². The van der Waals surface area contributed by atoms with Gasteiger partial charge in [0.1, 0.15) is 0 Å². The first-order valence-corrected chi connectivity index (χ1v) is 8.84. The second kappa shape index (κ2) is 4.40. The van der Waals surface area contributed by atoms with E-state index in [1.165, 1.54) is 0 Å². The first kappa shape index (κ1) is 13.0. The van der Waals surface area contributed by atoms with Crippen LogP contribution in [0.1, 0.15) is 18.1 Å². The van der Waals surface area contributed by atoms with Gasteiger partial charge in [0, 0.05) is 6.92 Å². The molecular weight excluding hydrogens is 214 g/mol. The summed E-state index contributed by atoms with van der Waals surface area (Å²) in [5, 5.41) is 0. The Morgan fingerprint density at radius 1 is 1.25 bits per heavy atom. The molecule has 0 aliphatic heterocycles. The normalized spacial score (nSPS) is 15.2. The smallest absolute Gasteiger partial charge is 0.347 e.